The van der Waals surface area contributed by atoms with Crippen LogP contribution >= 0.6 is 0 Å². The fourth-order valence-corrected chi connectivity index (χ4v) is 1.98. The molecule has 1 aromatic rings. The van der Waals surface area contributed by atoms with E-state index < -0.39 is 6.04 Å². The van der Waals surface area contributed by atoms with Gasteiger partial charge >= 0.3 is 5.97 Å². The molecule has 0 saturated carbocycles. The van der Waals surface area contributed by atoms with Gasteiger partial charge in [-0.1, -0.05) is 44.2 Å². The fraction of sp³-hybridized carbons (Fsp3) is 0.562. The maximum atomic E-state index is 12.1. The number of aliphatic hydroxyl groups is 1. The zero-order valence-corrected chi connectivity index (χ0v) is 12.6. The zero-order valence-electron chi connectivity index (χ0n) is 12.6. The van der Waals surface area contributed by atoms with Crippen LogP contribution in [0.5, 0.6) is 0 Å². The van der Waals surface area contributed by atoms with E-state index in [0.717, 1.165) is 5.56 Å². The standard InChI is InChI=1S/C16H25NO3/c1-4-20-15(19)14(13-8-6-5-7-9-13)17-12-16(2,3)10-11-18/h5-9,14,17-18H,4,10-12H2,1-3H3. The molecule has 2 N–H and O–H groups in total. The lowest BCUT2D eigenvalue weighted by atomic mass is 9.89. The van der Waals surface area contributed by atoms with E-state index in [-0.39, 0.29) is 18.0 Å². The van der Waals surface area contributed by atoms with Crippen LogP contribution in [0.1, 0.15) is 38.8 Å². The second-order valence-corrected chi connectivity index (χ2v) is 5.61. The molecule has 0 aliphatic rings. The zero-order chi connectivity index (χ0) is 15.0. The van der Waals surface area contributed by atoms with E-state index in [1.807, 2.05) is 30.3 Å². The summed E-state index contributed by atoms with van der Waals surface area (Å²) in [6.45, 7) is 7.06. The normalized spacial score (nSPS) is 13.0. The molecule has 1 atom stereocenters. The van der Waals surface area contributed by atoms with E-state index in [4.69, 9.17) is 9.84 Å². The molecule has 0 heterocycles. The van der Waals surface area contributed by atoms with Crippen LogP contribution in [-0.4, -0.2) is 30.8 Å². The van der Waals surface area contributed by atoms with Crippen LogP contribution in [0.25, 0.3) is 0 Å². The molecule has 20 heavy (non-hydrogen) atoms. The molecule has 0 saturated heterocycles. The van der Waals surface area contributed by atoms with Crippen molar-refractivity contribution in [2.24, 2.45) is 5.41 Å². The molecular weight excluding hydrogens is 254 g/mol. The first-order valence-corrected chi connectivity index (χ1v) is 7.06. The van der Waals surface area contributed by atoms with Gasteiger partial charge in [0.2, 0.25) is 0 Å². The highest BCUT2D eigenvalue weighted by Gasteiger charge is 2.25. The highest BCUT2D eigenvalue weighted by molar-refractivity contribution is 5.77. The predicted molar refractivity (Wildman–Crippen MR) is 79.3 cm³/mol. The van der Waals surface area contributed by atoms with Crippen LogP contribution < -0.4 is 5.32 Å². The van der Waals surface area contributed by atoms with E-state index in [0.29, 0.717) is 19.6 Å². The van der Waals surface area contributed by atoms with Crippen molar-refractivity contribution in [1.82, 2.24) is 5.32 Å². The Hall–Kier alpha value is -1.39. The van der Waals surface area contributed by atoms with Crippen molar-refractivity contribution >= 4 is 5.97 Å². The topological polar surface area (TPSA) is 58.6 Å². The van der Waals surface area contributed by atoms with E-state index in [1.54, 1.807) is 6.92 Å². The highest BCUT2D eigenvalue weighted by atomic mass is 16.5. The van der Waals surface area contributed by atoms with Gasteiger partial charge in [-0.2, -0.15) is 0 Å². The number of aliphatic hydroxyl groups excluding tert-OH is 1. The van der Waals surface area contributed by atoms with Gasteiger partial charge in [0.05, 0.1) is 6.61 Å². The van der Waals surface area contributed by atoms with E-state index >= 15 is 0 Å². The van der Waals surface area contributed by atoms with Crippen molar-refractivity contribution in [3.63, 3.8) is 0 Å². The maximum absolute atomic E-state index is 12.1. The number of ether oxygens (including phenoxy) is 1. The minimum atomic E-state index is -0.464. The van der Waals surface area contributed by atoms with Crippen LogP contribution in [0.2, 0.25) is 0 Å². The molecule has 112 valence electrons. The van der Waals surface area contributed by atoms with E-state index in [2.05, 4.69) is 19.2 Å². The van der Waals surface area contributed by atoms with Gasteiger partial charge in [-0.3, -0.25) is 0 Å². The van der Waals surface area contributed by atoms with Crippen molar-refractivity contribution in [2.75, 3.05) is 19.8 Å². The van der Waals surface area contributed by atoms with Crippen LogP contribution in [0.15, 0.2) is 30.3 Å². The first-order chi connectivity index (χ1) is 9.50. The van der Waals surface area contributed by atoms with Gasteiger partial charge in [-0.05, 0) is 24.3 Å². The van der Waals surface area contributed by atoms with Gasteiger partial charge in [-0.15, -0.1) is 0 Å². The minimum absolute atomic E-state index is 0.0751. The number of benzene rings is 1. The number of rotatable bonds is 8. The van der Waals surface area contributed by atoms with Crippen molar-refractivity contribution in [3.8, 4) is 0 Å². The molecule has 0 aliphatic heterocycles. The average molecular weight is 279 g/mol. The summed E-state index contributed by atoms with van der Waals surface area (Å²) in [5.74, 6) is -0.265. The van der Waals surface area contributed by atoms with Crippen LogP contribution in [-0.2, 0) is 9.53 Å². The predicted octanol–water partition coefficient (Wildman–Crippen LogP) is 2.29. The molecule has 0 aromatic heterocycles. The van der Waals surface area contributed by atoms with Crippen molar-refractivity contribution in [1.29, 1.82) is 0 Å². The van der Waals surface area contributed by atoms with Crippen LogP contribution in [0.3, 0.4) is 0 Å². The summed E-state index contributed by atoms with van der Waals surface area (Å²) in [6, 6.07) is 9.08. The summed E-state index contributed by atoms with van der Waals surface area (Å²) >= 11 is 0. The Kier molecular flexibility index (Phi) is 6.68. The lowest BCUT2D eigenvalue weighted by Gasteiger charge is -2.27. The second kappa shape index (κ2) is 8.02. The van der Waals surface area contributed by atoms with E-state index in [9.17, 15) is 4.79 Å². The molecule has 0 radical (unpaired) electrons. The number of hydrogen-bond acceptors (Lipinski definition) is 4. The quantitative estimate of drug-likeness (QED) is 0.717. The molecular formula is C16H25NO3. The van der Waals surface area contributed by atoms with E-state index in [1.165, 1.54) is 0 Å². The molecule has 1 aromatic carbocycles. The Morgan fingerprint density at radius 3 is 2.55 bits per heavy atom. The summed E-state index contributed by atoms with van der Waals surface area (Å²) in [5, 5.41) is 12.3. The Morgan fingerprint density at radius 1 is 1.35 bits per heavy atom. The smallest absolute Gasteiger partial charge is 0.327 e. The molecule has 0 aliphatic carbocycles. The van der Waals surface area contributed by atoms with Gasteiger partial charge in [-0.25, -0.2) is 4.79 Å². The highest BCUT2D eigenvalue weighted by Crippen LogP contribution is 2.21. The van der Waals surface area contributed by atoms with Crippen LogP contribution in [0.4, 0.5) is 0 Å². The monoisotopic (exact) mass is 279 g/mol. The fourth-order valence-electron chi connectivity index (χ4n) is 1.98. The lowest BCUT2D eigenvalue weighted by molar-refractivity contribution is -0.146. The Bertz CT molecular complexity index is 403. The number of hydrogen-bond donors (Lipinski definition) is 2. The average Bonchev–Trinajstić information content (AvgIpc) is 2.40. The van der Waals surface area contributed by atoms with Crippen molar-refractivity contribution in [2.45, 2.75) is 33.2 Å². The summed E-state index contributed by atoms with van der Waals surface area (Å²) < 4.78 is 5.13. The summed E-state index contributed by atoms with van der Waals surface area (Å²) in [7, 11) is 0. The van der Waals surface area contributed by atoms with Gasteiger partial charge < -0.3 is 15.2 Å². The molecule has 1 rings (SSSR count). The summed E-state index contributed by atoms with van der Waals surface area (Å²) in [5.41, 5.74) is 0.819. The van der Waals surface area contributed by atoms with Gasteiger partial charge in [0.25, 0.3) is 0 Å². The first kappa shape index (κ1) is 16.7. The largest absolute Gasteiger partial charge is 0.465 e. The summed E-state index contributed by atoms with van der Waals surface area (Å²) in [6.07, 6.45) is 0.685. The SMILES string of the molecule is CCOC(=O)C(NCC(C)(C)CCO)c1ccccc1. The molecule has 0 spiro atoms. The Balaban J connectivity index is 2.77. The molecule has 0 fully saturated rings. The number of carbonyl (C=O) groups is 1. The summed E-state index contributed by atoms with van der Waals surface area (Å²) in [4.78, 5) is 12.1. The minimum Gasteiger partial charge on any atom is -0.465 e. The third-order valence-corrected chi connectivity index (χ3v) is 3.23. The molecule has 0 bridgehead atoms. The second-order valence-electron chi connectivity index (χ2n) is 5.61. The molecule has 0 amide bonds. The van der Waals surface area contributed by atoms with Gasteiger partial charge in [0, 0.05) is 13.2 Å². The van der Waals surface area contributed by atoms with Crippen molar-refractivity contribution < 1.29 is 14.6 Å². The molecule has 4 heteroatoms. The third kappa shape index (κ3) is 5.31. The molecule has 1 unspecified atom stereocenters. The first-order valence-electron chi connectivity index (χ1n) is 7.06. The lowest BCUT2D eigenvalue weighted by Crippen LogP contribution is -2.37. The molecule has 4 nitrogen and oxygen atoms in total. The van der Waals surface area contributed by atoms with Crippen molar-refractivity contribution in [3.05, 3.63) is 35.9 Å². The third-order valence-electron chi connectivity index (χ3n) is 3.23. The maximum Gasteiger partial charge on any atom is 0.327 e. The number of nitrogens with one attached hydrogen (secondary N) is 1. The van der Waals surface area contributed by atoms with Gasteiger partial charge in [0.1, 0.15) is 6.04 Å². The Labute approximate surface area is 121 Å². The van der Waals surface area contributed by atoms with Gasteiger partial charge in [0.15, 0.2) is 0 Å². The van der Waals surface area contributed by atoms with Crippen LogP contribution in [0, 0.1) is 5.41 Å². The number of carbonyl (C=O) groups excluding carboxylic acids is 1. The number of esters is 1. The Morgan fingerprint density at radius 2 is 2.00 bits per heavy atom.